The van der Waals surface area contributed by atoms with E-state index < -0.39 is 0 Å². The predicted molar refractivity (Wildman–Crippen MR) is 126 cm³/mol. The molecule has 0 aliphatic carbocycles. The number of carbonyl (C=O) groups excluding carboxylic acids is 1. The number of anilines is 1. The van der Waals surface area contributed by atoms with Crippen LogP contribution in [0.4, 0.5) is 5.69 Å². The molecule has 1 N–H and O–H groups in total. The van der Waals surface area contributed by atoms with E-state index in [-0.39, 0.29) is 5.91 Å². The molecule has 6 heteroatoms. The van der Waals surface area contributed by atoms with Gasteiger partial charge in [0.2, 0.25) is 0 Å². The zero-order valence-corrected chi connectivity index (χ0v) is 19.3. The number of methoxy groups -OCH3 is 1. The number of para-hydroxylation sites is 1. The summed E-state index contributed by atoms with van der Waals surface area (Å²) in [5, 5.41) is 3.68. The highest BCUT2D eigenvalue weighted by Gasteiger charge is 2.39. The van der Waals surface area contributed by atoms with Crippen LogP contribution in [-0.4, -0.2) is 69.2 Å². The van der Waals surface area contributed by atoms with Crippen molar-refractivity contribution in [1.29, 1.82) is 0 Å². The second kappa shape index (κ2) is 8.66. The Morgan fingerprint density at radius 2 is 2.19 bits per heavy atom. The maximum Gasteiger partial charge on any atom is 0.255 e. The molecular formula is C26H33N3O3. The molecule has 2 atom stereocenters. The molecule has 0 aromatic heterocycles. The first-order valence-electron chi connectivity index (χ1n) is 11.7. The number of rotatable bonds is 6. The summed E-state index contributed by atoms with van der Waals surface area (Å²) in [6, 6.07) is 10.9. The quantitative estimate of drug-likeness (QED) is 0.752. The molecule has 0 unspecified atom stereocenters. The lowest BCUT2D eigenvalue weighted by molar-refractivity contribution is 0.0828. The minimum absolute atomic E-state index is 0.0146. The summed E-state index contributed by atoms with van der Waals surface area (Å²) in [6.45, 7) is 3.99. The Balaban J connectivity index is 1.28. The lowest BCUT2D eigenvalue weighted by Crippen LogP contribution is -2.42. The monoisotopic (exact) mass is 435 g/mol. The molecule has 2 aromatic rings. The summed E-state index contributed by atoms with van der Waals surface area (Å²) >= 11 is 0. The number of hydrogen-bond donors (Lipinski definition) is 1. The van der Waals surface area contributed by atoms with Gasteiger partial charge in [0.1, 0.15) is 11.5 Å². The number of hydrogen-bond acceptors (Lipinski definition) is 5. The van der Waals surface area contributed by atoms with Gasteiger partial charge in [-0.1, -0.05) is 18.2 Å². The van der Waals surface area contributed by atoms with E-state index in [0.717, 1.165) is 69.1 Å². The molecule has 1 fully saturated rings. The van der Waals surface area contributed by atoms with Gasteiger partial charge in [-0.15, -0.1) is 0 Å². The van der Waals surface area contributed by atoms with Crippen LogP contribution in [0.1, 0.15) is 45.8 Å². The Bertz CT molecular complexity index is 1020. The molecule has 32 heavy (non-hydrogen) atoms. The molecule has 3 aliphatic heterocycles. The topological polar surface area (TPSA) is 54.0 Å². The maximum absolute atomic E-state index is 12.8. The van der Waals surface area contributed by atoms with Gasteiger partial charge in [0, 0.05) is 45.6 Å². The van der Waals surface area contributed by atoms with E-state index in [1.165, 1.54) is 16.7 Å². The second-order valence-corrected chi connectivity index (χ2v) is 9.39. The van der Waals surface area contributed by atoms with Crippen molar-refractivity contribution < 1.29 is 14.3 Å². The maximum atomic E-state index is 12.8. The van der Waals surface area contributed by atoms with E-state index in [2.05, 4.69) is 34.5 Å². The Kier molecular flexibility index (Phi) is 5.72. The van der Waals surface area contributed by atoms with E-state index >= 15 is 0 Å². The lowest BCUT2D eigenvalue weighted by atomic mass is 9.88. The molecule has 6 nitrogen and oxygen atoms in total. The van der Waals surface area contributed by atoms with Crippen molar-refractivity contribution in [1.82, 2.24) is 9.80 Å². The first-order chi connectivity index (χ1) is 15.5. The predicted octanol–water partition coefficient (Wildman–Crippen LogP) is 3.55. The fraction of sp³-hybridized carbons (Fsp3) is 0.500. The van der Waals surface area contributed by atoms with E-state index in [4.69, 9.17) is 9.47 Å². The molecule has 1 saturated heterocycles. The number of piperidine rings is 1. The average molecular weight is 436 g/mol. The summed E-state index contributed by atoms with van der Waals surface area (Å²) in [5.41, 5.74) is 5.63. The number of ether oxygens (including phenoxy) is 2. The molecule has 0 radical (unpaired) electrons. The third-order valence-corrected chi connectivity index (χ3v) is 7.16. The Morgan fingerprint density at radius 1 is 1.31 bits per heavy atom. The van der Waals surface area contributed by atoms with E-state index in [1.807, 2.05) is 6.07 Å². The average Bonchev–Trinajstić information content (AvgIpc) is 3.42. The van der Waals surface area contributed by atoms with Crippen molar-refractivity contribution in [2.24, 2.45) is 0 Å². The van der Waals surface area contributed by atoms with Crippen molar-refractivity contribution in [3.63, 3.8) is 0 Å². The summed E-state index contributed by atoms with van der Waals surface area (Å²) in [7, 11) is 5.26. The summed E-state index contributed by atoms with van der Waals surface area (Å²) in [6.07, 6.45) is 4.30. The van der Waals surface area contributed by atoms with Crippen molar-refractivity contribution in [2.45, 2.75) is 37.6 Å². The van der Waals surface area contributed by atoms with Crippen LogP contribution in [0.5, 0.6) is 11.5 Å². The molecule has 170 valence electrons. The molecule has 0 saturated carbocycles. The Labute approximate surface area is 190 Å². The van der Waals surface area contributed by atoms with E-state index in [1.54, 1.807) is 26.1 Å². The first kappa shape index (κ1) is 21.1. The zero-order valence-electron chi connectivity index (χ0n) is 19.3. The largest absolute Gasteiger partial charge is 0.497 e. The molecule has 1 amide bonds. The highest BCUT2D eigenvalue weighted by Crippen LogP contribution is 2.44. The van der Waals surface area contributed by atoms with E-state index in [9.17, 15) is 4.79 Å². The molecule has 3 aliphatic rings. The zero-order chi connectivity index (χ0) is 22.2. The van der Waals surface area contributed by atoms with Gasteiger partial charge >= 0.3 is 0 Å². The van der Waals surface area contributed by atoms with Crippen LogP contribution in [0.15, 0.2) is 30.3 Å². The van der Waals surface area contributed by atoms with Gasteiger partial charge in [0.15, 0.2) is 0 Å². The van der Waals surface area contributed by atoms with Crippen LogP contribution >= 0.6 is 0 Å². The van der Waals surface area contributed by atoms with Crippen molar-refractivity contribution >= 4 is 11.6 Å². The standard InChI is InChI=1S/C26H33N3O3/c1-28(2)26(30)21-15-19(31-3)14-20-22-16-29(12-9-23(22)27-24(20)21)11-5-8-17-6-4-7-18-10-13-32-25(17)18/h4,6-7,14-15,22-23,27H,5,8-13,16H2,1-3H3/t22-,23-/m1/s1. The number of nitrogens with one attached hydrogen (secondary N) is 1. The smallest absolute Gasteiger partial charge is 0.255 e. The van der Waals surface area contributed by atoms with Gasteiger partial charge < -0.3 is 24.6 Å². The van der Waals surface area contributed by atoms with Crippen LogP contribution in [0, 0.1) is 0 Å². The van der Waals surface area contributed by atoms with Crippen molar-refractivity contribution in [3.05, 3.63) is 52.6 Å². The van der Waals surface area contributed by atoms with Gasteiger partial charge in [-0.3, -0.25) is 4.79 Å². The molecule has 2 aromatic carbocycles. The van der Waals surface area contributed by atoms with Crippen LogP contribution in [0.2, 0.25) is 0 Å². The number of benzene rings is 2. The Morgan fingerprint density at radius 3 is 3.00 bits per heavy atom. The number of nitrogens with zero attached hydrogens (tertiary/aromatic N) is 2. The molecule has 3 heterocycles. The van der Waals surface area contributed by atoms with Gasteiger partial charge in [-0.25, -0.2) is 0 Å². The summed E-state index contributed by atoms with van der Waals surface area (Å²) in [5.74, 6) is 2.28. The third kappa shape index (κ3) is 3.81. The summed E-state index contributed by atoms with van der Waals surface area (Å²) in [4.78, 5) is 17.0. The number of carbonyl (C=O) groups is 1. The van der Waals surface area contributed by atoms with Gasteiger partial charge in [0.25, 0.3) is 5.91 Å². The molecular weight excluding hydrogens is 402 g/mol. The molecule has 0 bridgehead atoms. The number of fused-ring (bicyclic) bond motifs is 4. The third-order valence-electron chi connectivity index (χ3n) is 7.16. The van der Waals surface area contributed by atoms with Gasteiger partial charge in [-0.2, -0.15) is 0 Å². The number of aryl methyl sites for hydroxylation is 1. The molecule has 5 rings (SSSR count). The normalized spacial score (nSPS) is 21.2. The number of amides is 1. The highest BCUT2D eigenvalue weighted by atomic mass is 16.5. The lowest BCUT2D eigenvalue weighted by Gasteiger charge is -2.35. The minimum atomic E-state index is 0.0146. The Hall–Kier alpha value is -2.73. The number of likely N-dealkylation sites (tertiary alicyclic amines) is 1. The van der Waals surface area contributed by atoms with Crippen LogP contribution in [0.25, 0.3) is 0 Å². The first-order valence-corrected chi connectivity index (χ1v) is 11.7. The van der Waals surface area contributed by atoms with Gasteiger partial charge in [0.05, 0.1) is 25.0 Å². The highest BCUT2D eigenvalue weighted by molar-refractivity contribution is 6.01. The van der Waals surface area contributed by atoms with Crippen molar-refractivity contribution in [2.75, 3.05) is 52.8 Å². The second-order valence-electron chi connectivity index (χ2n) is 9.39. The minimum Gasteiger partial charge on any atom is -0.497 e. The van der Waals surface area contributed by atoms with Crippen LogP contribution in [-0.2, 0) is 12.8 Å². The SMILES string of the molecule is COc1cc(C(=O)N(C)C)c2c(c1)[C@H]1CN(CCCc3cccc4c3OCC4)CC[C@H]1N2. The van der Waals surface area contributed by atoms with Crippen molar-refractivity contribution in [3.8, 4) is 11.5 Å². The van der Waals surface area contributed by atoms with E-state index in [0.29, 0.717) is 17.5 Å². The van der Waals surface area contributed by atoms with Gasteiger partial charge in [-0.05, 0) is 54.6 Å². The summed E-state index contributed by atoms with van der Waals surface area (Å²) < 4.78 is 11.4. The van der Waals surface area contributed by atoms with Crippen LogP contribution in [0.3, 0.4) is 0 Å². The fourth-order valence-electron chi connectivity index (χ4n) is 5.49. The molecule has 0 spiro atoms. The fourth-order valence-corrected chi connectivity index (χ4v) is 5.49. The van der Waals surface area contributed by atoms with Crippen LogP contribution < -0.4 is 14.8 Å².